The van der Waals surface area contributed by atoms with E-state index < -0.39 is 10.0 Å². The Hall–Kier alpha value is -3.24. The van der Waals surface area contributed by atoms with Crippen LogP contribution in [0.15, 0.2) is 36.7 Å². The van der Waals surface area contributed by atoms with E-state index in [-0.39, 0.29) is 17.7 Å². The number of rotatable bonds is 7. The van der Waals surface area contributed by atoms with Gasteiger partial charge in [-0.1, -0.05) is 0 Å². The Bertz CT molecular complexity index is 1270. The van der Waals surface area contributed by atoms with Gasteiger partial charge in [0, 0.05) is 37.7 Å². The van der Waals surface area contributed by atoms with Gasteiger partial charge in [-0.3, -0.25) is 14.7 Å². The maximum absolute atomic E-state index is 11.9. The zero-order chi connectivity index (χ0) is 23.8. The lowest BCUT2D eigenvalue weighted by molar-refractivity contribution is 0.0787. The molecule has 4 rings (SSSR count). The molecule has 10 heteroatoms. The smallest absolute Gasteiger partial charge is 0.244 e. The van der Waals surface area contributed by atoms with E-state index in [2.05, 4.69) is 24.6 Å². The van der Waals surface area contributed by atoms with Gasteiger partial charge >= 0.3 is 0 Å². The quantitative estimate of drug-likeness (QED) is 0.561. The topological polar surface area (TPSA) is 107 Å². The maximum Gasteiger partial charge on any atom is 0.244 e. The number of aryl methyl sites for hydroxylation is 3. The van der Waals surface area contributed by atoms with Gasteiger partial charge in [0.1, 0.15) is 5.69 Å². The third-order valence-electron chi connectivity index (χ3n) is 5.38. The van der Waals surface area contributed by atoms with Gasteiger partial charge in [0.2, 0.25) is 15.9 Å². The number of aromatic nitrogens is 3. The highest BCUT2D eigenvalue weighted by atomic mass is 32.2. The van der Waals surface area contributed by atoms with Gasteiger partial charge in [-0.2, -0.15) is 0 Å². The van der Waals surface area contributed by atoms with Crippen LogP contribution in [0.3, 0.4) is 0 Å². The number of nitrogens with zero attached hydrogens (tertiary/aromatic N) is 4. The van der Waals surface area contributed by atoms with Crippen molar-refractivity contribution in [1.29, 1.82) is 0 Å². The van der Waals surface area contributed by atoms with Crippen molar-refractivity contribution in [3.63, 3.8) is 0 Å². The van der Waals surface area contributed by atoms with Crippen LogP contribution in [0.4, 0.5) is 11.4 Å². The van der Waals surface area contributed by atoms with Crippen LogP contribution in [0.2, 0.25) is 0 Å². The number of anilines is 2. The van der Waals surface area contributed by atoms with Crippen LogP contribution in [0.25, 0.3) is 11.3 Å². The first-order valence-corrected chi connectivity index (χ1v) is 12.4. The molecule has 0 aliphatic carbocycles. The molecular formula is C23H27N5O4S. The number of methoxy groups -OCH3 is 1. The predicted molar refractivity (Wildman–Crippen MR) is 127 cm³/mol. The zero-order valence-corrected chi connectivity index (χ0v) is 20.1. The predicted octanol–water partition coefficient (Wildman–Crippen LogP) is 3.46. The highest BCUT2D eigenvalue weighted by molar-refractivity contribution is 7.92. The molecule has 0 atom stereocenters. The largest absolute Gasteiger partial charge is 0.435 e. The summed E-state index contributed by atoms with van der Waals surface area (Å²) in [5, 5.41) is 0. The van der Waals surface area contributed by atoms with E-state index in [0.29, 0.717) is 17.1 Å². The Morgan fingerprint density at radius 2 is 1.85 bits per heavy atom. The van der Waals surface area contributed by atoms with Crippen LogP contribution >= 0.6 is 0 Å². The molecular weight excluding hydrogens is 442 g/mol. The summed E-state index contributed by atoms with van der Waals surface area (Å²) >= 11 is 0. The fourth-order valence-corrected chi connectivity index (χ4v) is 4.31. The van der Waals surface area contributed by atoms with Gasteiger partial charge < -0.3 is 14.4 Å². The van der Waals surface area contributed by atoms with Crippen molar-refractivity contribution in [2.45, 2.75) is 26.9 Å². The molecule has 4 heterocycles. The fraction of sp³-hybridized carbons (Fsp3) is 0.348. The number of hydrogen-bond donors (Lipinski definition) is 1. The number of hydrogen-bond acceptors (Lipinski definition) is 8. The molecule has 3 aromatic rings. The molecule has 1 aliphatic rings. The van der Waals surface area contributed by atoms with Crippen molar-refractivity contribution in [1.82, 2.24) is 15.0 Å². The fourth-order valence-electron chi connectivity index (χ4n) is 3.76. The van der Waals surface area contributed by atoms with Crippen LogP contribution in [0.5, 0.6) is 11.6 Å². The summed E-state index contributed by atoms with van der Waals surface area (Å²) in [6.07, 6.45) is 4.83. The van der Waals surface area contributed by atoms with Crippen molar-refractivity contribution in [2.75, 3.05) is 36.1 Å². The highest BCUT2D eigenvalue weighted by Crippen LogP contribution is 2.35. The molecule has 174 valence electrons. The molecule has 0 radical (unpaired) electrons. The molecule has 1 N–H and O–H groups in total. The summed E-state index contributed by atoms with van der Waals surface area (Å²) in [4.78, 5) is 15.6. The van der Waals surface area contributed by atoms with E-state index in [1.54, 1.807) is 31.6 Å². The number of pyridine rings is 3. The molecule has 3 aromatic heterocycles. The minimum Gasteiger partial charge on any atom is -0.435 e. The highest BCUT2D eigenvalue weighted by Gasteiger charge is 2.27. The molecule has 0 unspecified atom stereocenters. The van der Waals surface area contributed by atoms with Crippen molar-refractivity contribution in [2.24, 2.45) is 0 Å². The van der Waals surface area contributed by atoms with Crippen molar-refractivity contribution < 1.29 is 17.9 Å². The van der Waals surface area contributed by atoms with Crippen LogP contribution in [-0.2, 0) is 14.8 Å². The molecule has 0 amide bonds. The maximum atomic E-state index is 11.9. The summed E-state index contributed by atoms with van der Waals surface area (Å²) in [6, 6.07) is 7.28. The lowest BCUT2D eigenvalue weighted by atomic mass is 10.1. The summed E-state index contributed by atoms with van der Waals surface area (Å²) < 4.78 is 37.8. The van der Waals surface area contributed by atoms with Gasteiger partial charge in [0.05, 0.1) is 35.6 Å². The van der Waals surface area contributed by atoms with Crippen molar-refractivity contribution in [3.8, 4) is 22.9 Å². The Kier molecular flexibility index (Phi) is 6.22. The minimum atomic E-state index is -3.53. The molecule has 0 saturated carbocycles. The second-order valence-corrected chi connectivity index (χ2v) is 9.96. The van der Waals surface area contributed by atoms with Crippen LogP contribution in [-0.4, -0.2) is 55.9 Å². The SMILES string of the molecule is COC1CN(c2cncc(-c3ccc(NS(C)(=O)=O)c(Oc4c(C)cc(C)nc4C)n3)c2)C1. The second-order valence-electron chi connectivity index (χ2n) is 8.22. The van der Waals surface area contributed by atoms with Gasteiger partial charge in [-0.15, -0.1) is 0 Å². The molecule has 1 saturated heterocycles. The standard InChI is InChI=1S/C23H27N5O4S/c1-14-8-15(2)25-16(3)22(14)32-23-21(27-33(5,29)30)7-6-20(26-23)17-9-18(11-24-10-17)28-12-19(13-28)31-4/h6-11,19,27H,12-13H2,1-5H3. The van der Waals surface area contributed by atoms with Gasteiger partial charge in [-0.25, -0.2) is 13.4 Å². The van der Waals surface area contributed by atoms with E-state index in [1.807, 2.05) is 32.9 Å². The van der Waals surface area contributed by atoms with E-state index in [1.165, 1.54) is 0 Å². The van der Waals surface area contributed by atoms with Gasteiger partial charge in [0.15, 0.2) is 5.75 Å². The van der Waals surface area contributed by atoms with Crippen molar-refractivity contribution >= 4 is 21.4 Å². The summed E-state index contributed by atoms with van der Waals surface area (Å²) in [6.45, 7) is 7.28. The molecule has 33 heavy (non-hydrogen) atoms. The average molecular weight is 470 g/mol. The Labute approximate surface area is 193 Å². The Morgan fingerprint density at radius 1 is 1.09 bits per heavy atom. The lowest BCUT2D eigenvalue weighted by Gasteiger charge is -2.39. The van der Waals surface area contributed by atoms with E-state index in [0.717, 1.165) is 41.9 Å². The lowest BCUT2D eigenvalue weighted by Crippen LogP contribution is -2.51. The summed E-state index contributed by atoms with van der Waals surface area (Å²) in [5.74, 6) is 0.684. The molecule has 0 spiro atoms. The van der Waals surface area contributed by atoms with Crippen LogP contribution < -0.4 is 14.4 Å². The molecule has 9 nitrogen and oxygen atoms in total. The minimum absolute atomic E-state index is 0.142. The third kappa shape index (κ3) is 5.23. The molecule has 0 bridgehead atoms. The van der Waals surface area contributed by atoms with Crippen molar-refractivity contribution in [3.05, 3.63) is 53.6 Å². The van der Waals surface area contributed by atoms with E-state index in [9.17, 15) is 8.42 Å². The van der Waals surface area contributed by atoms with Gasteiger partial charge in [-0.05, 0) is 50.6 Å². The first-order chi connectivity index (χ1) is 15.6. The number of nitrogens with one attached hydrogen (secondary N) is 1. The zero-order valence-electron chi connectivity index (χ0n) is 19.3. The Balaban J connectivity index is 1.72. The van der Waals surface area contributed by atoms with Crippen LogP contribution in [0, 0.1) is 20.8 Å². The first-order valence-electron chi connectivity index (χ1n) is 10.5. The molecule has 1 fully saturated rings. The summed E-state index contributed by atoms with van der Waals surface area (Å²) in [7, 11) is -1.82. The van der Waals surface area contributed by atoms with E-state index in [4.69, 9.17) is 9.47 Å². The van der Waals surface area contributed by atoms with Gasteiger partial charge in [0.25, 0.3) is 0 Å². The second kappa shape index (κ2) is 8.95. The number of sulfonamides is 1. The Morgan fingerprint density at radius 3 is 2.52 bits per heavy atom. The monoisotopic (exact) mass is 469 g/mol. The first kappa shape index (κ1) is 22.9. The molecule has 1 aliphatic heterocycles. The average Bonchev–Trinajstić information content (AvgIpc) is 2.70. The normalized spacial score (nSPS) is 14.2. The molecule has 0 aromatic carbocycles. The van der Waals surface area contributed by atoms with E-state index >= 15 is 0 Å². The third-order valence-corrected chi connectivity index (χ3v) is 5.97. The number of ether oxygens (including phenoxy) is 2. The van der Waals surface area contributed by atoms with Crippen LogP contribution in [0.1, 0.15) is 17.0 Å². The summed E-state index contributed by atoms with van der Waals surface area (Å²) in [5.41, 5.74) is 5.06.